The molecule has 0 saturated carbocycles. The molecule has 0 aromatic carbocycles. The Morgan fingerprint density at radius 2 is 2.11 bits per heavy atom. The van der Waals surface area contributed by atoms with E-state index in [4.69, 9.17) is 0 Å². The van der Waals surface area contributed by atoms with Crippen LogP contribution in [0.2, 0.25) is 0 Å². The molecule has 1 heterocycles. The van der Waals surface area contributed by atoms with E-state index in [1.54, 1.807) is 0 Å². The maximum atomic E-state index is 12.0. The number of rotatable bonds is 5. The Hall–Kier alpha value is -0.620. The van der Waals surface area contributed by atoms with E-state index in [2.05, 4.69) is 5.32 Å². The summed E-state index contributed by atoms with van der Waals surface area (Å²) in [6.07, 6.45) is 2.15. The van der Waals surface area contributed by atoms with Gasteiger partial charge in [0.25, 0.3) is 0 Å². The lowest BCUT2D eigenvalue weighted by Gasteiger charge is -2.31. The molecule has 0 spiro atoms. The number of amides is 1. The molecule has 1 fully saturated rings. The van der Waals surface area contributed by atoms with Crippen LogP contribution in [0.5, 0.6) is 0 Å². The molecule has 0 aromatic heterocycles. The van der Waals surface area contributed by atoms with E-state index < -0.39 is 10.0 Å². The maximum absolute atomic E-state index is 12.0. The number of carbonyl (C=O) groups is 1. The number of hydrogen-bond acceptors (Lipinski definition) is 3. The molecular weight excluding hydrogens is 252 g/mol. The Kier molecular flexibility index (Phi) is 5.59. The molecular formula is C12H24N2O3S. The minimum Gasteiger partial charge on any atom is -0.354 e. The number of piperidine rings is 1. The van der Waals surface area contributed by atoms with Gasteiger partial charge in [-0.2, -0.15) is 0 Å². The predicted molar refractivity (Wildman–Crippen MR) is 71.7 cm³/mol. The first-order valence-corrected chi connectivity index (χ1v) is 8.26. The van der Waals surface area contributed by atoms with Crippen molar-refractivity contribution in [2.24, 2.45) is 5.92 Å². The van der Waals surface area contributed by atoms with Crippen molar-refractivity contribution in [2.75, 3.05) is 18.8 Å². The number of hydrogen-bond donors (Lipinski definition) is 1. The monoisotopic (exact) mass is 276 g/mol. The van der Waals surface area contributed by atoms with Gasteiger partial charge in [0.05, 0.1) is 11.7 Å². The zero-order valence-corrected chi connectivity index (χ0v) is 12.3. The highest BCUT2D eigenvalue weighted by atomic mass is 32.2. The quantitative estimate of drug-likeness (QED) is 0.813. The van der Waals surface area contributed by atoms with Crippen molar-refractivity contribution in [3.8, 4) is 0 Å². The fraction of sp³-hybridized carbons (Fsp3) is 0.917. The third-order valence-electron chi connectivity index (χ3n) is 3.04. The second-order valence-electron chi connectivity index (χ2n) is 5.18. The van der Waals surface area contributed by atoms with E-state index >= 15 is 0 Å². The third kappa shape index (κ3) is 4.24. The van der Waals surface area contributed by atoms with Crippen LogP contribution in [-0.2, 0) is 14.8 Å². The van der Waals surface area contributed by atoms with Crippen molar-refractivity contribution in [2.45, 2.75) is 46.1 Å². The molecule has 0 bridgehead atoms. The average Bonchev–Trinajstić information content (AvgIpc) is 2.28. The van der Waals surface area contributed by atoms with Gasteiger partial charge in [0.15, 0.2) is 0 Å². The lowest BCUT2D eigenvalue weighted by Crippen LogP contribution is -2.47. The van der Waals surface area contributed by atoms with Crippen LogP contribution in [0.1, 0.15) is 40.0 Å². The molecule has 1 saturated heterocycles. The molecule has 1 unspecified atom stereocenters. The summed E-state index contributed by atoms with van der Waals surface area (Å²) in [5, 5.41) is 2.86. The normalized spacial score (nSPS) is 22.1. The van der Waals surface area contributed by atoms with Crippen molar-refractivity contribution < 1.29 is 13.2 Å². The summed E-state index contributed by atoms with van der Waals surface area (Å²) in [5.41, 5.74) is 0. The van der Waals surface area contributed by atoms with Gasteiger partial charge in [0, 0.05) is 19.1 Å². The smallest absolute Gasteiger partial charge is 0.224 e. The lowest BCUT2D eigenvalue weighted by atomic mass is 9.98. The van der Waals surface area contributed by atoms with Gasteiger partial charge in [0.2, 0.25) is 15.9 Å². The molecule has 0 aliphatic carbocycles. The van der Waals surface area contributed by atoms with Gasteiger partial charge in [-0.3, -0.25) is 4.79 Å². The number of sulfonamides is 1. The van der Waals surface area contributed by atoms with Gasteiger partial charge in [-0.1, -0.05) is 6.92 Å². The summed E-state index contributed by atoms with van der Waals surface area (Å²) in [6.45, 7) is 6.55. The van der Waals surface area contributed by atoms with Gasteiger partial charge < -0.3 is 5.32 Å². The molecule has 1 aliphatic rings. The molecule has 106 valence electrons. The highest BCUT2D eigenvalue weighted by Gasteiger charge is 2.31. The first-order chi connectivity index (χ1) is 8.36. The Morgan fingerprint density at radius 3 is 2.67 bits per heavy atom. The molecule has 5 nitrogen and oxygen atoms in total. The molecule has 1 amide bonds. The van der Waals surface area contributed by atoms with E-state index in [9.17, 15) is 13.2 Å². The van der Waals surface area contributed by atoms with E-state index in [1.165, 1.54) is 4.31 Å². The van der Waals surface area contributed by atoms with Crippen molar-refractivity contribution in [3.63, 3.8) is 0 Å². The van der Waals surface area contributed by atoms with E-state index in [-0.39, 0.29) is 23.6 Å². The predicted octanol–water partition coefficient (Wildman–Crippen LogP) is 0.963. The molecule has 0 aromatic rings. The van der Waals surface area contributed by atoms with Gasteiger partial charge in [-0.25, -0.2) is 12.7 Å². The number of nitrogens with zero attached hydrogens (tertiary/aromatic N) is 1. The molecule has 1 aliphatic heterocycles. The van der Waals surface area contributed by atoms with Crippen LogP contribution in [-0.4, -0.2) is 43.5 Å². The van der Waals surface area contributed by atoms with Crippen LogP contribution in [0.15, 0.2) is 0 Å². The van der Waals surface area contributed by atoms with Crippen LogP contribution >= 0.6 is 0 Å². The Labute approximate surface area is 110 Å². The summed E-state index contributed by atoms with van der Waals surface area (Å²) in [7, 11) is -3.17. The Bertz CT molecular complexity index is 379. The van der Waals surface area contributed by atoms with E-state index in [0.29, 0.717) is 19.5 Å². The molecule has 6 heteroatoms. The maximum Gasteiger partial charge on any atom is 0.224 e. The topological polar surface area (TPSA) is 66.5 Å². The average molecular weight is 276 g/mol. The van der Waals surface area contributed by atoms with Gasteiger partial charge >= 0.3 is 0 Å². The molecule has 1 rings (SSSR count). The van der Waals surface area contributed by atoms with E-state index in [0.717, 1.165) is 12.8 Å². The highest BCUT2D eigenvalue weighted by Crippen LogP contribution is 2.20. The van der Waals surface area contributed by atoms with Crippen LogP contribution < -0.4 is 5.32 Å². The number of nitrogens with one attached hydrogen (secondary N) is 1. The molecule has 1 atom stereocenters. The zero-order valence-electron chi connectivity index (χ0n) is 11.5. The summed E-state index contributed by atoms with van der Waals surface area (Å²) < 4.78 is 25.4. The zero-order chi connectivity index (χ0) is 13.8. The minimum atomic E-state index is -3.17. The first kappa shape index (κ1) is 15.4. The first-order valence-electron chi connectivity index (χ1n) is 6.65. The number of carbonyl (C=O) groups excluding carboxylic acids is 1. The minimum absolute atomic E-state index is 0.0265. The van der Waals surface area contributed by atoms with Crippen molar-refractivity contribution >= 4 is 15.9 Å². The van der Waals surface area contributed by atoms with Crippen LogP contribution in [0.25, 0.3) is 0 Å². The Balaban J connectivity index is 2.64. The van der Waals surface area contributed by atoms with Crippen molar-refractivity contribution in [1.82, 2.24) is 9.62 Å². The van der Waals surface area contributed by atoms with Crippen LogP contribution in [0, 0.1) is 5.92 Å². The highest BCUT2D eigenvalue weighted by molar-refractivity contribution is 7.89. The summed E-state index contributed by atoms with van der Waals surface area (Å²) in [6, 6.07) is 0.0973. The van der Waals surface area contributed by atoms with E-state index in [1.807, 2.05) is 20.8 Å². The van der Waals surface area contributed by atoms with Gasteiger partial charge in [-0.15, -0.1) is 0 Å². The van der Waals surface area contributed by atoms with Gasteiger partial charge in [0.1, 0.15) is 0 Å². The largest absolute Gasteiger partial charge is 0.354 e. The fourth-order valence-corrected chi connectivity index (χ4v) is 3.79. The van der Waals surface area contributed by atoms with Crippen LogP contribution in [0.3, 0.4) is 0 Å². The SMILES string of the molecule is CCCS(=O)(=O)N1CCCC(C(=O)NC(C)C)C1. The van der Waals surface area contributed by atoms with Crippen LogP contribution in [0.4, 0.5) is 0 Å². The standard InChI is InChI=1S/C12H24N2O3S/c1-4-8-18(16,17)14-7-5-6-11(9-14)12(15)13-10(2)3/h10-11H,4-9H2,1-3H3,(H,13,15). The summed E-state index contributed by atoms with van der Waals surface area (Å²) >= 11 is 0. The molecule has 0 radical (unpaired) electrons. The third-order valence-corrected chi connectivity index (χ3v) is 5.08. The van der Waals surface area contributed by atoms with Crippen molar-refractivity contribution in [3.05, 3.63) is 0 Å². The second kappa shape index (κ2) is 6.52. The molecule has 18 heavy (non-hydrogen) atoms. The van der Waals surface area contributed by atoms with Crippen molar-refractivity contribution in [1.29, 1.82) is 0 Å². The lowest BCUT2D eigenvalue weighted by molar-refractivity contribution is -0.126. The fourth-order valence-electron chi connectivity index (χ4n) is 2.20. The summed E-state index contributed by atoms with van der Waals surface area (Å²) in [4.78, 5) is 11.9. The second-order valence-corrected chi connectivity index (χ2v) is 7.26. The Morgan fingerprint density at radius 1 is 1.44 bits per heavy atom. The molecule has 1 N–H and O–H groups in total. The van der Waals surface area contributed by atoms with Gasteiger partial charge in [-0.05, 0) is 33.1 Å². The summed E-state index contributed by atoms with van der Waals surface area (Å²) in [5.74, 6) is -0.0555.